The van der Waals surface area contributed by atoms with E-state index in [1.54, 1.807) is 17.4 Å². The molecule has 0 bridgehead atoms. The number of nitrogens with one attached hydrogen (secondary N) is 1. The van der Waals surface area contributed by atoms with E-state index in [9.17, 15) is 9.18 Å². The van der Waals surface area contributed by atoms with Crippen LogP contribution in [0.4, 0.5) is 4.39 Å². The zero-order valence-electron chi connectivity index (χ0n) is 16.4. The Kier molecular flexibility index (Phi) is 9.05. The Morgan fingerprint density at radius 3 is 2.97 bits per heavy atom. The number of benzene rings is 1. The number of halogens is 1. The van der Waals surface area contributed by atoms with Crippen molar-refractivity contribution in [2.75, 3.05) is 32.0 Å². The first kappa shape index (κ1) is 21.9. The summed E-state index contributed by atoms with van der Waals surface area (Å²) >= 11 is 3.22. The number of hydrogen-bond donors (Lipinski definition) is 1. The van der Waals surface area contributed by atoms with Gasteiger partial charge in [-0.05, 0) is 55.8 Å². The molecule has 0 atom stereocenters. The summed E-state index contributed by atoms with van der Waals surface area (Å²) in [5.41, 5.74) is 0.886. The molecule has 2 heterocycles. The van der Waals surface area contributed by atoms with E-state index in [0.29, 0.717) is 24.7 Å². The van der Waals surface area contributed by atoms with Crippen LogP contribution < -0.4 is 10.1 Å². The molecule has 1 aliphatic heterocycles. The van der Waals surface area contributed by atoms with Crippen LogP contribution in [0.2, 0.25) is 0 Å². The summed E-state index contributed by atoms with van der Waals surface area (Å²) in [6, 6.07) is 8.58. The average Bonchev–Trinajstić information content (AvgIpc) is 3.37. The first-order valence-corrected chi connectivity index (χ1v) is 11.9. The number of ether oxygens (including phenoxy) is 1. The molecule has 3 rings (SSSR count). The second-order valence-corrected chi connectivity index (χ2v) is 8.92. The fourth-order valence-corrected chi connectivity index (χ4v) is 4.74. The highest BCUT2D eigenvalue weighted by atomic mass is 32.2. The lowest BCUT2D eigenvalue weighted by Crippen LogP contribution is -2.25. The number of carbonyl (C=O) groups is 1. The predicted molar refractivity (Wildman–Crippen MR) is 119 cm³/mol. The zero-order valence-corrected chi connectivity index (χ0v) is 18.1. The summed E-state index contributed by atoms with van der Waals surface area (Å²) in [5, 5.41) is 4.90. The van der Waals surface area contributed by atoms with E-state index in [1.165, 1.54) is 54.7 Å². The van der Waals surface area contributed by atoms with Crippen LogP contribution in [0.1, 0.15) is 23.3 Å². The molecular formula is C22H27FN2O2S2. The summed E-state index contributed by atoms with van der Waals surface area (Å²) in [4.78, 5) is 15.6. The molecule has 1 N–H and O–H groups in total. The summed E-state index contributed by atoms with van der Waals surface area (Å²) < 4.78 is 18.8. The van der Waals surface area contributed by atoms with E-state index in [1.807, 2.05) is 18.2 Å². The number of thiophene rings is 1. The maximum atomic E-state index is 13.1. The average molecular weight is 435 g/mol. The molecule has 1 amide bonds. The minimum absolute atomic E-state index is 0.0265. The van der Waals surface area contributed by atoms with Gasteiger partial charge < -0.3 is 10.1 Å². The molecule has 156 valence electrons. The second-order valence-electron chi connectivity index (χ2n) is 6.94. The van der Waals surface area contributed by atoms with Crippen LogP contribution in [-0.4, -0.2) is 42.8 Å². The topological polar surface area (TPSA) is 41.6 Å². The molecule has 7 heteroatoms. The molecule has 29 heavy (non-hydrogen) atoms. The summed E-state index contributed by atoms with van der Waals surface area (Å²) in [5.74, 6) is 1.61. The number of amides is 1. The molecule has 1 saturated heterocycles. The lowest BCUT2D eigenvalue weighted by molar-refractivity contribution is -0.118. The Bertz CT molecular complexity index is 804. The van der Waals surface area contributed by atoms with Gasteiger partial charge in [0, 0.05) is 29.1 Å². The molecule has 1 aromatic heterocycles. The number of nitrogens with zero attached hydrogens (tertiary/aromatic N) is 1. The van der Waals surface area contributed by atoms with E-state index in [2.05, 4.69) is 21.7 Å². The smallest absolute Gasteiger partial charge is 0.230 e. The maximum Gasteiger partial charge on any atom is 0.230 e. The number of thioether (sulfide) groups is 1. The molecule has 1 aliphatic rings. The van der Waals surface area contributed by atoms with Crippen molar-refractivity contribution < 1.29 is 13.9 Å². The van der Waals surface area contributed by atoms with Crippen LogP contribution in [0, 0.1) is 5.82 Å². The molecule has 0 aliphatic carbocycles. The molecule has 0 saturated carbocycles. The molecule has 4 nitrogen and oxygen atoms in total. The molecule has 0 unspecified atom stereocenters. The monoisotopic (exact) mass is 434 g/mol. The summed E-state index contributed by atoms with van der Waals surface area (Å²) in [6.45, 7) is 4.39. The van der Waals surface area contributed by atoms with Gasteiger partial charge in [0.25, 0.3) is 0 Å². The van der Waals surface area contributed by atoms with Crippen molar-refractivity contribution in [3.8, 4) is 5.75 Å². The predicted octanol–water partition coefficient (Wildman–Crippen LogP) is 4.47. The molecule has 1 aromatic carbocycles. The van der Waals surface area contributed by atoms with E-state index < -0.39 is 0 Å². The Balaban J connectivity index is 1.24. The maximum absolute atomic E-state index is 13.1. The van der Waals surface area contributed by atoms with Crippen molar-refractivity contribution in [3.63, 3.8) is 0 Å². The number of rotatable bonds is 11. The van der Waals surface area contributed by atoms with Gasteiger partial charge in [-0.15, -0.1) is 23.1 Å². The highest BCUT2D eigenvalue weighted by Gasteiger charge is 2.12. The van der Waals surface area contributed by atoms with Gasteiger partial charge in [-0.25, -0.2) is 4.39 Å². The van der Waals surface area contributed by atoms with Gasteiger partial charge in [-0.2, -0.15) is 0 Å². The van der Waals surface area contributed by atoms with Gasteiger partial charge in [-0.3, -0.25) is 9.69 Å². The van der Waals surface area contributed by atoms with Gasteiger partial charge in [-0.1, -0.05) is 18.2 Å². The minimum Gasteiger partial charge on any atom is -0.489 e. The SMILES string of the molecule is O=C(CSCc1cccc(F)c1)NCC=CCOc1csc(CN2CCCC2)c1. The third-order valence-corrected chi connectivity index (χ3v) is 6.43. The Morgan fingerprint density at radius 2 is 2.14 bits per heavy atom. The third kappa shape index (κ3) is 8.20. The number of likely N-dealkylation sites (tertiary alicyclic amines) is 1. The van der Waals surface area contributed by atoms with E-state index in [0.717, 1.165) is 17.9 Å². The zero-order chi connectivity index (χ0) is 20.3. The Morgan fingerprint density at radius 1 is 1.28 bits per heavy atom. The largest absolute Gasteiger partial charge is 0.489 e. The summed E-state index contributed by atoms with van der Waals surface area (Å²) in [6.07, 6.45) is 6.42. The van der Waals surface area contributed by atoms with Gasteiger partial charge in [0.2, 0.25) is 5.91 Å². The van der Waals surface area contributed by atoms with Gasteiger partial charge in [0.1, 0.15) is 18.2 Å². The highest BCUT2D eigenvalue weighted by Crippen LogP contribution is 2.24. The molecule has 0 spiro atoms. The third-order valence-electron chi connectivity index (χ3n) is 4.53. The van der Waals surface area contributed by atoms with Crippen molar-refractivity contribution >= 4 is 29.0 Å². The van der Waals surface area contributed by atoms with Crippen LogP contribution in [0.15, 0.2) is 47.9 Å². The van der Waals surface area contributed by atoms with Crippen LogP contribution in [0.5, 0.6) is 5.75 Å². The standard InChI is InChI=1S/C22H27FN2O2S2/c23-19-7-5-6-18(12-19)15-28-17-22(26)24-8-1-4-11-27-20-13-21(29-16-20)14-25-9-2-3-10-25/h1,4-7,12-13,16H,2-3,8-11,14-15,17H2,(H,24,26). The van der Waals surface area contributed by atoms with Crippen LogP contribution in [0.3, 0.4) is 0 Å². The van der Waals surface area contributed by atoms with Gasteiger partial charge in [0.15, 0.2) is 0 Å². The minimum atomic E-state index is -0.245. The van der Waals surface area contributed by atoms with Crippen molar-refractivity contribution in [1.29, 1.82) is 0 Å². The quantitative estimate of drug-likeness (QED) is 0.530. The molecule has 1 fully saturated rings. The van der Waals surface area contributed by atoms with Gasteiger partial charge in [0.05, 0.1) is 5.75 Å². The first-order valence-electron chi connectivity index (χ1n) is 9.85. The second kappa shape index (κ2) is 12.0. The van der Waals surface area contributed by atoms with Crippen LogP contribution >= 0.6 is 23.1 Å². The van der Waals surface area contributed by atoms with Crippen LogP contribution in [-0.2, 0) is 17.1 Å². The highest BCUT2D eigenvalue weighted by molar-refractivity contribution is 7.99. The first-order chi connectivity index (χ1) is 14.2. The van der Waals surface area contributed by atoms with Crippen molar-refractivity contribution in [2.24, 2.45) is 0 Å². The van der Waals surface area contributed by atoms with Crippen molar-refractivity contribution in [2.45, 2.75) is 25.1 Å². The molecular weight excluding hydrogens is 407 g/mol. The fraction of sp³-hybridized carbons (Fsp3) is 0.409. The van der Waals surface area contributed by atoms with Crippen LogP contribution in [0.25, 0.3) is 0 Å². The normalized spacial score (nSPS) is 14.5. The van der Waals surface area contributed by atoms with Crippen molar-refractivity contribution in [1.82, 2.24) is 10.2 Å². The van der Waals surface area contributed by atoms with Crippen molar-refractivity contribution in [3.05, 3.63) is 64.1 Å². The van der Waals surface area contributed by atoms with Gasteiger partial charge >= 0.3 is 0 Å². The Hall–Kier alpha value is -1.83. The van der Waals surface area contributed by atoms with E-state index in [-0.39, 0.29) is 11.7 Å². The number of hydrogen-bond acceptors (Lipinski definition) is 5. The lowest BCUT2D eigenvalue weighted by atomic mass is 10.2. The molecule has 0 radical (unpaired) electrons. The van der Waals surface area contributed by atoms with E-state index in [4.69, 9.17) is 4.74 Å². The van der Waals surface area contributed by atoms with E-state index >= 15 is 0 Å². The number of carbonyl (C=O) groups excluding carboxylic acids is 1. The summed E-state index contributed by atoms with van der Waals surface area (Å²) in [7, 11) is 0. The Labute approximate surface area is 180 Å². The fourth-order valence-electron chi connectivity index (χ4n) is 3.09. The lowest BCUT2D eigenvalue weighted by Gasteiger charge is -2.12. The molecule has 2 aromatic rings.